The Labute approximate surface area is 143 Å². The molecule has 0 bridgehead atoms. The molecule has 0 spiro atoms. The molecule has 0 saturated carbocycles. The average Bonchev–Trinajstić information content (AvgIpc) is 2.58. The van der Waals surface area contributed by atoms with E-state index in [2.05, 4.69) is 36.2 Å². The minimum atomic E-state index is -0.480. The van der Waals surface area contributed by atoms with Crippen LogP contribution in [0.15, 0.2) is 42.7 Å². The van der Waals surface area contributed by atoms with Crippen LogP contribution in [-0.4, -0.2) is 39.6 Å². The maximum Gasteiger partial charge on any atom is 0.254 e. The highest BCUT2D eigenvalue weighted by Crippen LogP contribution is 2.24. The summed E-state index contributed by atoms with van der Waals surface area (Å²) in [7, 11) is 0. The molecule has 4 heteroatoms. The van der Waals surface area contributed by atoms with Gasteiger partial charge in [-0.25, -0.2) is 0 Å². The number of aryl methyl sites for hydroxylation is 2. The first-order valence-electron chi connectivity index (χ1n) is 8.51. The zero-order valence-electron chi connectivity index (χ0n) is 14.3. The van der Waals surface area contributed by atoms with Crippen LogP contribution in [0.25, 0.3) is 0 Å². The number of carbonyl (C=O) groups is 1. The summed E-state index contributed by atoms with van der Waals surface area (Å²) in [6.45, 7) is 4.64. The van der Waals surface area contributed by atoms with Gasteiger partial charge in [-0.2, -0.15) is 0 Å². The molecule has 0 radical (unpaired) electrons. The SMILES string of the molecule is Cc1ccc(C[C@H]2[C@@H](O)CCCN2C(=O)c2ccncc2C)cc1. The lowest BCUT2D eigenvalue weighted by atomic mass is 9.92. The number of piperidine rings is 1. The van der Waals surface area contributed by atoms with Gasteiger partial charge in [-0.1, -0.05) is 29.8 Å². The second-order valence-electron chi connectivity index (χ2n) is 6.66. The molecule has 1 aromatic heterocycles. The van der Waals surface area contributed by atoms with Gasteiger partial charge in [0.25, 0.3) is 5.91 Å². The summed E-state index contributed by atoms with van der Waals surface area (Å²) >= 11 is 0. The van der Waals surface area contributed by atoms with Gasteiger partial charge in [-0.15, -0.1) is 0 Å². The molecule has 1 N–H and O–H groups in total. The Hall–Kier alpha value is -2.20. The van der Waals surface area contributed by atoms with E-state index in [1.54, 1.807) is 18.5 Å². The van der Waals surface area contributed by atoms with Crippen molar-refractivity contribution in [3.8, 4) is 0 Å². The number of aliphatic hydroxyl groups excluding tert-OH is 1. The summed E-state index contributed by atoms with van der Waals surface area (Å²) in [5.41, 5.74) is 3.91. The van der Waals surface area contributed by atoms with Gasteiger partial charge in [0.2, 0.25) is 0 Å². The highest BCUT2D eigenvalue weighted by Gasteiger charge is 2.34. The van der Waals surface area contributed by atoms with E-state index in [9.17, 15) is 9.90 Å². The fourth-order valence-electron chi connectivity index (χ4n) is 3.37. The molecule has 126 valence electrons. The van der Waals surface area contributed by atoms with Crippen LogP contribution in [0.4, 0.5) is 0 Å². The molecule has 1 aliphatic rings. The predicted molar refractivity (Wildman–Crippen MR) is 93.9 cm³/mol. The van der Waals surface area contributed by atoms with E-state index in [-0.39, 0.29) is 11.9 Å². The largest absolute Gasteiger partial charge is 0.391 e. The van der Waals surface area contributed by atoms with Crippen LogP contribution in [-0.2, 0) is 6.42 Å². The lowest BCUT2D eigenvalue weighted by molar-refractivity contribution is 0.0118. The summed E-state index contributed by atoms with van der Waals surface area (Å²) in [4.78, 5) is 18.9. The minimum absolute atomic E-state index is 0.00855. The maximum atomic E-state index is 13.0. The Morgan fingerprint density at radius 2 is 2.00 bits per heavy atom. The number of nitrogens with zero attached hydrogens (tertiary/aromatic N) is 2. The van der Waals surface area contributed by atoms with Crippen molar-refractivity contribution in [2.24, 2.45) is 0 Å². The van der Waals surface area contributed by atoms with E-state index in [1.165, 1.54) is 5.56 Å². The fourth-order valence-corrected chi connectivity index (χ4v) is 3.37. The van der Waals surface area contributed by atoms with E-state index < -0.39 is 6.10 Å². The number of benzene rings is 1. The van der Waals surface area contributed by atoms with E-state index in [0.29, 0.717) is 18.5 Å². The highest BCUT2D eigenvalue weighted by atomic mass is 16.3. The molecule has 2 heterocycles. The van der Waals surface area contributed by atoms with Gasteiger partial charge in [0, 0.05) is 24.5 Å². The molecule has 1 aromatic carbocycles. The van der Waals surface area contributed by atoms with Crippen molar-refractivity contribution in [3.05, 3.63) is 65.0 Å². The van der Waals surface area contributed by atoms with Gasteiger partial charge in [0.15, 0.2) is 0 Å². The van der Waals surface area contributed by atoms with E-state index in [1.807, 2.05) is 11.8 Å². The average molecular weight is 324 g/mol. The first-order chi connectivity index (χ1) is 11.6. The lowest BCUT2D eigenvalue weighted by Gasteiger charge is -2.39. The molecule has 1 aliphatic heterocycles. The summed E-state index contributed by atoms with van der Waals surface area (Å²) in [6.07, 6.45) is 5.14. The summed E-state index contributed by atoms with van der Waals surface area (Å²) in [5, 5.41) is 10.5. The molecule has 4 nitrogen and oxygen atoms in total. The number of aliphatic hydroxyl groups is 1. The third-order valence-electron chi connectivity index (χ3n) is 4.82. The Morgan fingerprint density at radius 1 is 1.25 bits per heavy atom. The van der Waals surface area contributed by atoms with Gasteiger partial charge < -0.3 is 10.0 Å². The Morgan fingerprint density at radius 3 is 2.71 bits per heavy atom. The predicted octanol–water partition coefficient (Wildman–Crippen LogP) is 2.91. The van der Waals surface area contributed by atoms with Crippen molar-refractivity contribution in [1.82, 2.24) is 9.88 Å². The summed E-state index contributed by atoms with van der Waals surface area (Å²) < 4.78 is 0. The third-order valence-corrected chi connectivity index (χ3v) is 4.82. The minimum Gasteiger partial charge on any atom is -0.391 e. The summed E-state index contributed by atoms with van der Waals surface area (Å²) in [5.74, 6) is -0.00855. The van der Waals surface area contributed by atoms with Gasteiger partial charge >= 0.3 is 0 Å². The molecule has 0 unspecified atom stereocenters. The van der Waals surface area contributed by atoms with Crippen LogP contribution in [0.1, 0.15) is 39.9 Å². The first kappa shape index (κ1) is 16.7. The van der Waals surface area contributed by atoms with Crippen LogP contribution in [0.5, 0.6) is 0 Å². The molecule has 0 aliphatic carbocycles. The maximum absolute atomic E-state index is 13.0. The van der Waals surface area contributed by atoms with Crippen molar-refractivity contribution in [2.45, 2.75) is 45.3 Å². The number of amides is 1. The monoisotopic (exact) mass is 324 g/mol. The van der Waals surface area contributed by atoms with Gasteiger partial charge in [-0.05, 0) is 50.3 Å². The van der Waals surface area contributed by atoms with E-state index >= 15 is 0 Å². The Bertz CT molecular complexity index is 712. The molecule has 1 fully saturated rings. The van der Waals surface area contributed by atoms with Crippen LogP contribution in [0.2, 0.25) is 0 Å². The molecule has 2 atom stereocenters. The van der Waals surface area contributed by atoms with Crippen LogP contribution < -0.4 is 0 Å². The molecule has 24 heavy (non-hydrogen) atoms. The smallest absolute Gasteiger partial charge is 0.254 e. The Kier molecular flexibility index (Phi) is 4.95. The zero-order valence-corrected chi connectivity index (χ0v) is 14.3. The highest BCUT2D eigenvalue weighted by molar-refractivity contribution is 5.95. The molecular formula is C20H24N2O2. The zero-order chi connectivity index (χ0) is 17.1. The van der Waals surface area contributed by atoms with Crippen LogP contribution in [0.3, 0.4) is 0 Å². The van der Waals surface area contributed by atoms with E-state index in [0.717, 1.165) is 24.0 Å². The molecule has 2 aromatic rings. The number of likely N-dealkylation sites (tertiary alicyclic amines) is 1. The van der Waals surface area contributed by atoms with Crippen molar-refractivity contribution in [2.75, 3.05) is 6.54 Å². The normalized spacial score (nSPS) is 20.9. The number of aromatic nitrogens is 1. The first-order valence-corrected chi connectivity index (χ1v) is 8.51. The van der Waals surface area contributed by atoms with Crippen LogP contribution in [0, 0.1) is 13.8 Å². The number of carbonyl (C=O) groups excluding carboxylic acids is 1. The number of hydrogen-bond acceptors (Lipinski definition) is 3. The molecule has 1 amide bonds. The van der Waals surface area contributed by atoms with Crippen molar-refractivity contribution < 1.29 is 9.90 Å². The molecule has 3 rings (SSSR count). The Balaban J connectivity index is 1.85. The van der Waals surface area contributed by atoms with Crippen molar-refractivity contribution in [1.29, 1.82) is 0 Å². The summed E-state index contributed by atoms with van der Waals surface area (Å²) in [6, 6.07) is 9.89. The van der Waals surface area contributed by atoms with Crippen molar-refractivity contribution in [3.63, 3.8) is 0 Å². The van der Waals surface area contributed by atoms with Crippen molar-refractivity contribution >= 4 is 5.91 Å². The topological polar surface area (TPSA) is 53.4 Å². The van der Waals surface area contributed by atoms with Gasteiger partial charge in [0.1, 0.15) is 0 Å². The molecule has 1 saturated heterocycles. The van der Waals surface area contributed by atoms with Gasteiger partial charge in [-0.3, -0.25) is 9.78 Å². The lowest BCUT2D eigenvalue weighted by Crippen LogP contribution is -2.52. The number of hydrogen-bond donors (Lipinski definition) is 1. The quantitative estimate of drug-likeness (QED) is 0.944. The van der Waals surface area contributed by atoms with E-state index in [4.69, 9.17) is 0 Å². The standard InChI is InChI=1S/C20H24N2O2/c1-14-5-7-16(8-6-14)12-18-19(23)4-3-11-22(18)20(24)17-9-10-21-13-15(17)2/h5-10,13,18-19,23H,3-4,11-12H2,1-2H3/t18-,19-/m0/s1. The second-order valence-corrected chi connectivity index (χ2v) is 6.66. The number of rotatable bonds is 3. The van der Waals surface area contributed by atoms with Gasteiger partial charge in [0.05, 0.1) is 12.1 Å². The fraction of sp³-hybridized carbons (Fsp3) is 0.400. The number of pyridine rings is 1. The third kappa shape index (κ3) is 3.49. The molecular weight excluding hydrogens is 300 g/mol. The van der Waals surface area contributed by atoms with Crippen LogP contribution >= 0.6 is 0 Å². The second kappa shape index (κ2) is 7.14.